The van der Waals surface area contributed by atoms with Gasteiger partial charge in [-0.1, -0.05) is 6.07 Å². The van der Waals surface area contributed by atoms with Gasteiger partial charge >= 0.3 is 0 Å². The Morgan fingerprint density at radius 3 is 3.00 bits per heavy atom. The van der Waals surface area contributed by atoms with E-state index in [2.05, 4.69) is 10.3 Å². The number of nitrogens with zero attached hydrogens (tertiary/aromatic N) is 1. The molecule has 0 aliphatic carbocycles. The Hall–Kier alpha value is -0.800. The number of anilines is 1. The van der Waals surface area contributed by atoms with Gasteiger partial charge in [-0.25, -0.2) is 4.98 Å². The molecular weight excluding hydrogens is 212 g/mol. The molecule has 84 valence electrons. The molecule has 3 nitrogen and oxygen atoms in total. The normalized spacial score (nSPS) is 12.5. The van der Waals surface area contributed by atoms with Crippen LogP contribution in [0.25, 0.3) is 0 Å². The molecule has 4 heteroatoms. The highest BCUT2D eigenvalue weighted by Crippen LogP contribution is 2.06. The Morgan fingerprint density at radius 1 is 1.53 bits per heavy atom. The van der Waals surface area contributed by atoms with Gasteiger partial charge in [-0.3, -0.25) is 0 Å². The molecule has 0 saturated carbocycles. The molecule has 0 aliphatic heterocycles. The number of ether oxygens (including phenoxy) is 1. The third kappa shape index (κ3) is 5.00. The average Bonchev–Trinajstić information content (AvgIpc) is 2.18. The number of pyridine rings is 1. The van der Waals surface area contributed by atoms with Crippen LogP contribution >= 0.6 is 11.6 Å². The summed E-state index contributed by atoms with van der Waals surface area (Å²) >= 11 is 5.99. The molecule has 0 amide bonds. The smallest absolute Gasteiger partial charge is 0.126 e. The van der Waals surface area contributed by atoms with Gasteiger partial charge in [-0.15, -0.1) is 11.6 Å². The first-order valence-electron chi connectivity index (χ1n) is 5.03. The van der Waals surface area contributed by atoms with Crippen molar-refractivity contribution in [2.45, 2.75) is 18.7 Å². The minimum absolute atomic E-state index is 0.0623. The standard InChI is InChI=1S/C11H17ClN2O/c1-9-4-3-5-11(14-9)13-7-6-10(12)8-15-2/h3-5,10H,6-8H2,1-2H3,(H,13,14). The lowest BCUT2D eigenvalue weighted by Gasteiger charge is -2.09. The van der Waals surface area contributed by atoms with E-state index in [1.807, 2.05) is 25.1 Å². The third-order valence-corrected chi connectivity index (χ3v) is 2.34. The fourth-order valence-electron chi connectivity index (χ4n) is 1.26. The molecule has 0 aromatic carbocycles. The Labute approximate surface area is 95.8 Å². The fourth-order valence-corrected chi connectivity index (χ4v) is 1.50. The lowest BCUT2D eigenvalue weighted by Crippen LogP contribution is -2.13. The molecule has 0 bridgehead atoms. The zero-order valence-electron chi connectivity index (χ0n) is 9.16. The van der Waals surface area contributed by atoms with E-state index < -0.39 is 0 Å². The van der Waals surface area contributed by atoms with Crippen molar-refractivity contribution in [2.75, 3.05) is 25.6 Å². The van der Waals surface area contributed by atoms with Crippen molar-refractivity contribution in [3.05, 3.63) is 23.9 Å². The van der Waals surface area contributed by atoms with E-state index in [0.29, 0.717) is 6.61 Å². The summed E-state index contributed by atoms with van der Waals surface area (Å²) in [5, 5.41) is 3.29. The summed E-state index contributed by atoms with van der Waals surface area (Å²) in [6.07, 6.45) is 0.866. The lowest BCUT2D eigenvalue weighted by atomic mass is 10.3. The number of halogens is 1. The summed E-state index contributed by atoms with van der Waals surface area (Å²) in [6.45, 7) is 3.37. The van der Waals surface area contributed by atoms with E-state index in [4.69, 9.17) is 16.3 Å². The number of rotatable bonds is 6. The van der Waals surface area contributed by atoms with Crippen LogP contribution < -0.4 is 5.32 Å². The predicted octanol–water partition coefficient (Wildman–Crippen LogP) is 2.45. The Kier molecular flexibility index (Phi) is 5.43. The van der Waals surface area contributed by atoms with Crippen LogP contribution in [0.2, 0.25) is 0 Å². The number of methoxy groups -OCH3 is 1. The molecule has 0 saturated heterocycles. The molecule has 0 radical (unpaired) electrons. The van der Waals surface area contributed by atoms with Crippen molar-refractivity contribution in [2.24, 2.45) is 0 Å². The highest BCUT2D eigenvalue weighted by atomic mass is 35.5. The number of nitrogens with one attached hydrogen (secondary N) is 1. The maximum Gasteiger partial charge on any atom is 0.126 e. The second kappa shape index (κ2) is 6.64. The Morgan fingerprint density at radius 2 is 2.33 bits per heavy atom. The first-order valence-corrected chi connectivity index (χ1v) is 5.46. The Bertz CT molecular complexity index is 294. The van der Waals surface area contributed by atoms with Crippen LogP contribution in [0.15, 0.2) is 18.2 Å². The molecule has 0 fully saturated rings. The van der Waals surface area contributed by atoms with Crippen LogP contribution in [-0.4, -0.2) is 30.6 Å². The van der Waals surface area contributed by atoms with E-state index in [1.54, 1.807) is 7.11 Å². The predicted molar refractivity (Wildman–Crippen MR) is 63.6 cm³/mol. The van der Waals surface area contributed by atoms with E-state index in [1.165, 1.54) is 0 Å². The number of alkyl halides is 1. The third-order valence-electron chi connectivity index (χ3n) is 2.00. The van der Waals surface area contributed by atoms with Crippen molar-refractivity contribution in [1.82, 2.24) is 4.98 Å². The zero-order chi connectivity index (χ0) is 11.1. The zero-order valence-corrected chi connectivity index (χ0v) is 9.92. The maximum atomic E-state index is 5.99. The largest absolute Gasteiger partial charge is 0.383 e. The van der Waals surface area contributed by atoms with Crippen molar-refractivity contribution in [3.63, 3.8) is 0 Å². The van der Waals surface area contributed by atoms with Crippen LogP contribution in [0.5, 0.6) is 0 Å². The summed E-state index contributed by atoms with van der Waals surface area (Å²) in [6, 6.07) is 5.91. The molecule has 1 aromatic rings. The van der Waals surface area contributed by atoms with Gasteiger partial charge in [0, 0.05) is 19.3 Å². The lowest BCUT2D eigenvalue weighted by molar-refractivity contribution is 0.196. The summed E-state index contributed by atoms with van der Waals surface area (Å²) in [4.78, 5) is 4.33. The van der Waals surface area contributed by atoms with Crippen LogP contribution in [-0.2, 0) is 4.74 Å². The SMILES string of the molecule is COCC(Cl)CCNc1cccc(C)n1. The fraction of sp³-hybridized carbons (Fsp3) is 0.545. The van der Waals surface area contributed by atoms with Crippen LogP contribution in [0.1, 0.15) is 12.1 Å². The van der Waals surface area contributed by atoms with Crippen LogP contribution in [0.3, 0.4) is 0 Å². The molecule has 0 aliphatic rings. The minimum Gasteiger partial charge on any atom is -0.383 e. The van der Waals surface area contributed by atoms with Crippen LogP contribution in [0, 0.1) is 6.92 Å². The van der Waals surface area contributed by atoms with E-state index in [9.17, 15) is 0 Å². The topological polar surface area (TPSA) is 34.1 Å². The van der Waals surface area contributed by atoms with Crippen LogP contribution in [0.4, 0.5) is 5.82 Å². The number of hydrogen-bond donors (Lipinski definition) is 1. The highest BCUT2D eigenvalue weighted by Gasteiger charge is 2.03. The van der Waals surface area contributed by atoms with Gasteiger partial charge in [0.1, 0.15) is 5.82 Å². The monoisotopic (exact) mass is 228 g/mol. The first kappa shape index (κ1) is 12.3. The highest BCUT2D eigenvalue weighted by molar-refractivity contribution is 6.20. The van der Waals surface area contributed by atoms with Crippen molar-refractivity contribution >= 4 is 17.4 Å². The molecule has 15 heavy (non-hydrogen) atoms. The maximum absolute atomic E-state index is 5.99. The van der Waals surface area contributed by atoms with Gasteiger partial charge in [0.2, 0.25) is 0 Å². The molecule has 1 atom stereocenters. The summed E-state index contributed by atoms with van der Waals surface area (Å²) in [5.74, 6) is 0.899. The molecule has 1 heterocycles. The van der Waals surface area contributed by atoms with Crippen molar-refractivity contribution in [1.29, 1.82) is 0 Å². The molecule has 1 unspecified atom stereocenters. The Balaban J connectivity index is 2.25. The van der Waals surface area contributed by atoms with Gasteiger partial charge in [0.25, 0.3) is 0 Å². The van der Waals surface area contributed by atoms with Gasteiger partial charge in [0.05, 0.1) is 12.0 Å². The number of aromatic nitrogens is 1. The average molecular weight is 229 g/mol. The molecule has 1 rings (SSSR count). The van der Waals surface area contributed by atoms with E-state index in [-0.39, 0.29) is 5.38 Å². The molecule has 1 N–H and O–H groups in total. The van der Waals surface area contributed by atoms with Gasteiger partial charge in [-0.2, -0.15) is 0 Å². The van der Waals surface area contributed by atoms with Gasteiger partial charge in [0.15, 0.2) is 0 Å². The quantitative estimate of drug-likeness (QED) is 0.760. The molecular formula is C11H17ClN2O. The van der Waals surface area contributed by atoms with E-state index in [0.717, 1.165) is 24.5 Å². The number of aryl methyl sites for hydroxylation is 1. The van der Waals surface area contributed by atoms with Crippen molar-refractivity contribution in [3.8, 4) is 0 Å². The first-order chi connectivity index (χ1) is 7.22. The van der Waals surface area contributed by atoms with Gasteiger partial charge < -0.3 is 10.1 Å². The summed E-state index contributed by atoms with van der Waals surface area (Å²) < 4.78 is 4.95. The second-order valence-electron chi connectivity index (χ2n) is 3.43. The minimum atomic E-state index is 0.0623. The second-order valence-corrected chi connectivity index (χ2v) is 4.05. The number of hydrogen-bond acceptors (Lipinski definition) is 3. The van der Waals surface area contributed by atoms with Crippen molar-refractivity contribution < 1.29 is 4.74 Å². The molecule has 1 aromatic heterocycles. The summed E-state index contributed by atoms with van der Waals surface area (Å²) in [5.41, 5.74) is 1.01. The molecule has 0 spiro atoms. The summed E-state index contributed by atoms with van der Waals surface area (Å²) in [7, 11) is 1.66. The van der Waals surface area contributed by atoms with Gasteiger partial charge in [-0.05, 0) is 25.5 Å². The van der Waals surface area contributed by atoms with E-state index >= 15 is 0 Å².